The van der Waals surface area contributed by atoms with Gasteiger partial charge in [0.1, 0.15) is 17.0 Å². The molecule has 106 valence electrons. The SMILES string of the molecule is CCNC1CCCc2sc(-c3cc(OC)ncn3)nc21. The van der Waals surface area contributed by atoms with E-state index in [1.54, 1.807) is 18.4 Å². The summed E-state index contributed by atoms with van der Waals surface area (Å²) in [5.74, 6) is 0.575. The van der Waals surface area contributed by atoms with Crippen molar-refractivity contribution in [3.8, 4) is 16.6 Å². The second-order valence-corrected chi connectivity index (χ2v) is 5.86. The smallest absolute Gasteiger partial charge is 0.216 e. The molecule has 0 saturated carbocycles. The number of aromatic nitrogens is 3. The first-order chi connectivity index (χ1) is 9.81. The zero-order valence-electron chi connectivity index (χ0n) is 11.7. The first kappa shape index (κ1) is 13.5. The number of hydrogen-bond acceptors (Lipinski definition) is 6. The Labute approximate surface area is 122 Å². The van der Waals surface area contributed by atoms with E-state index in [1.165, 1.54) is 23.3 Å². The van der Waals surface area contributed by atoms with E-state index < -0.39 is 0 Å². The number of rotatable bonds is 4. The molecule has 1 unspecified atom stereocenters. The van der Waals surface area contributed by atoms with E-state index in [0.29, 0.717) is 11.9 Å². The lowest BCUT2D eigenvalue weighted by atomic mass is 9.98. The second kappa shape index (κ2) is 5.85. The summed E-state index contributed by atoms with van der Waals surface area (Å²) in [5.41, 5.74) is 2.04. The van der Waals surface area contributed by atoms with Gasteiger partial charge in [-0.15, -0.1) is 11.3 Å². The molecule has 0 spiro atoms. The number of aryl methyl sites for hydroxylation is 1. The highest BCUT2D eigenvalue weighted by atomic mass is 32.1. The van der Waals surface area contributed by atoms with Crippen molar-refractivity contribution in [1.82, 2.24) is 20.3 Å². The lowest BCUT2D eigenvalue weighted by molar-refractivity contribution is 0.397. The van der Waals surface area contributed by atoms with Crippen LogP contribution in [-0.4, -0.2) is 28.6 Å². The third-order valence-corrected chi connectivity index (χ3v) is 4.63. The fourth-order valence-electron chi connectivity index (χ4n) is 2.54. The predicted molar refractivity (Wildman–Crippen MR) is 79.0 cm³/mol. The number of fused-ring (bicyclic) bond motifs is 1. The molecule has 0 aromatic carbocycles. The molecule has 20 heavy (non-hydrogen) atoms. The summed E-state index contributed by atoms with van der Waals surface area (Å²) >= 11 is 1.74. The van der Waals surface area contributed by atoms with E-state index in [2.05, 4.69) is 22.2 Å². The van der Waals surface area contributed by atoms with Crippen molar-refractivity contribution >= 4 is 11.3 Å². The molecule has 2 aromatic heterocycles. The van der Waals surface area contributed by atoms with Crippen LogP contribution >= 0.6 is 11.3 Å². The maximum atomic E-state index is 5.15. The van der Waals surface area contributed by atoms with E-state index in [0.717, 1.165) is 30.1 Å². The van der Waals surface area contributed by atoms with E-state index in [9.17, 15) is 0 Å². The zero-order chi connectivity index (χ0) is 13.9. The molecule has 0 radical (unpaired) electrons. The van der Waals surface area contributed by atoms with E-state index in [1.807, 2.05) is 6.07 Å². The average molecular weight is 290 g/mol. The molecule has 2 aromatic rings. The normalized spacial score (nSPS) is 17.8. The zero-order valence-corrected chi connectivity index (χ0v) is 12.5. The van der Waals surface area contributed by atoms with Crippen LogP contribution in [0.5, 0.6) is 5.88 Å². The minimum Gasteiger partial charge on any atom is -0.481 e. The lowest BCUT2D eigenvalue weighted by Gasteiger charge is -2.21. The molecule has 0 saturated heterocycles. The largest absolute Gasteiger partial charge is 0.481 e. The van der Waals surface area contributed by atoms with Crippen molar-refractivity contribution < 1.29 is 4.74 Å². The highest BCUT2D eigenvalue weighted by Gasteiger charge is 2.24. The first-order valence-electron chi connectivity index (χ1n) is 6.91. The number of nitrogens with one attached hydrogen (secondary N) is 1. The van der Waals surface area contributed by atoms with Gasteiger partial charge in [-0.1, -0.05) is 6.92 Å². The Balaban J connectivity index is 1.95. The summed E-state index contributed by atoms with van der Waals surface area (Å²) in [6, 6.07) is 2.23. The molecule has 1 N–H and O–H groups in total. The molecule has 1 aliphatic carbocycles. The molecular formula is C14H18N4OS. The van der Waals surface area contributed by atoms with Crippen LogP contribution in [0.2, 0.25) is 0 Å². The van der Waals surface area contributed by atoms with Gasteiger partial charge in [0.25, 0.3) is 0 Å². The van der Waals surface area contributed by atoms with Gasteiger partial charge >= 0.3 is 0 Å². The van der Waals surface area contributed by atoms with Gasteiger partial charge in [-0.2, -0.15) is 0 Å². The van der Waals surface area contributed by atoms with Crippen LogP contribution in [0.3, 0.4) is 0 Å². The van der Waals surface area contributed by atoms with Gasteiger partial charge in [0, 0.05) is 10.9 Å². The topological polar surface area (TPSA) is 59.9 Å². The fourth-order valence-corrected chi connectivity index (χ4v) is 3.67. The molecule has 0 aliphatic heterocycles. The van der Waals surface area contributed by atoms with E-state index >= 15 is 0 Å². The summed E-state index contributed by atoms with van der Waals surface area (Å²) in [6.45, 7) is 3.11. The number of nitrogens with zero attached hydrogens (tertiary/aromatic N) is 3. The maximum absolute atomic E-state index is 5.15. The van der Waals surface area contributed by atoms with Crippen molar-refractivity contribution in [3.63, 3.8) is 0 Å². The van der Waals surface area contributed by atoms with Crippen molar-refractivity contribution in [2.45, 2.75) is 32.2 Å². The summed E-state index contributed by atoms with van der Waals surface area (Å²) in [5, 5.41) is 4.47. The average Bonchev–Trinajstić information content (AvgIpc) is 2.93. The third-order valence-electron chi connectivity index (χ3n) is 3.48. The minimum absolute atomic E-state index is 0.387. The van der Waals surface area contributed by atoms with E-state index in [4.69, 9.17) is 9.72 Å². The molecule has 3 rings (SSSR count). The molecule has 1 aliphatic rings. The van der Waals surface area contributed by atoms with E-state index in [-0.39, 0.29) is 0 Å². The Hall–Kier alpha value is -1.53. The van der Waals surface area contributed by atoms with Gasteiger partial charge in [-0.25, -0.2) is 15.0 Å². The molecule has 5 nitrogen and oxygen atoms in total. The fraction of sp³-hybridized carbons (Fsp3) is 0.500. The molecule has 1 atom stereocenters. The van der Waals surface area contributed by atoms with Crippen LogP contribution in [0.1, 0.15) is 36.4 Å². The summed E-state index contributed by atoms with van der Waals surface area (Å²) in [7, 11) is 1.61. The van der Waals surface area contributed by atoms with Crippen LogP contribution in [0, 0.1) is 0 Å². The van der Waals surface area contributed by atoms with Gasteiger partial charge < -0.3 is 10.1 Å². The van der Waals surface area contributed by atoms with Crippen LogP contribution in [0.4, 0.5) is 0 Å². The Morgan fingerprint density at radius 1 is 1.45 bits per heavy atom. The van der Waals surface area contributed by atoms with Gasteiger partial charge in [-0.05, 0) is 25.8 Å². The van der Waals surface area contributed by atoms with Gasteiger partial charge in [0.05, 0.1) is 18.8 Å². The quantitative estimate of drug-likeness (QED) is 0.938. The summed E-state index contributed by atoms with van der Waals surface area (Å²) in [4.78, 5) is 14.5. The Bertz CT molecular complexity index is 599. The number of ether oxygens (including phenoxy) is 1. The molecule has 2 heterocycles. The predicted octanol–water partition coefficient (Wildman–Crippen LogP) is 2.60. The Morgan fingerprint density at radius 2 is 2.35 bits per heavy atom. The van der Waals surface area contributed by atoms with Crippen molar-refractivity contribution in [3.05, 3.63) is 23.0 Å². The number of methoxy groups -OCH3 is 1. The second-order valence-electron chi connectivity index (χ2n) is 4.78. The van der Waals surface area contributed by atoms with Crippen molar-refractivity contribution in [2.24, 2.45) is 0 Å². The molecule has 0 bridgehead atoms. The van der Waals surface area contributed by atoms with Crippen molar-refractivity contribution in [1.29, 1.82) is 0 Å². The minimum atomic E-state index is 0.387. The molecular weight excluding hydrogens is 272 g/mol. The molecule has 0 fully saturated rings. The highest BCUT2D eigenvalue weighted by molar-refractivity contribution is 7.15. The van der Waals surface area contributed by atoms with Gasteiger partial charge in [0.2, 0.25) is 5.88 Å². The molecule has 0 amide bonds. The Kier molecular flexibility index (Phi) is 3.93. The van der Waals surface area contributed by atoms with Crippen molar-refractivity contribution in [2.75, 3.05) is 13.7 Å². The third kappa shape index (κ3) is 2.53. The number of thiazole rings is 1. The monoisotopic (exact) mass is 290 g/mol. The van der Waals surface area contributed by atoms with Crippen LogP contribution in [0.15, 0.2) is 12.4 Å². The highest BCUT2D eigenvalue weighted by Crippen LogP contribution is 2.36. The standard InChI is InChI=1S/C14H18N4OS/c1-3-15-9-5-4-6-11-13(9)18-14(20-11)10-7-12(19-2)17-8-16-10/h7-9,15H,3-6H2,1-2H3. The summed E-state index contributed by atoms with van der Waals surface area (Å²) < 4.78 is 5.15. The maximum Gasteiger partial charge on any atom is 0.216 e. The Morgan fingerprint density at radius 3 is 3.15 bits per heavy atom. The first-order valence-corrected chi connectivity index (χ1v) is 7.73. The van der Waals surface area contributed by atoms with Gasteiger partial charge in [-0.3, -0.25) is 0 Å². The summed E-state index contributed by atoms with van der Waals surface area (Å²) in [6.07, 6.45) is 5.03. The van der Waals surface area contributed by atoms with Crippen LogP contribution in [0.25, 0.3) is 10.7 Å². The lowest BCUT2D eigenvalue weighted by Crippen LogP contribution is -2.24. The molecule has 6 heteroatoms. The number of hydrogen-bond donors (Lipinski definition) is 1. The van der Waals surface area contributed by atoms with Crippen LogP contribution < -0.4 is 10.1 Å². The van der Waals surface area contributed by atoms with Gasteiger partial charge in [0.15, 0.2) is 0 Å². The van der Waals surface area contributed by atoms with Crippen LogP contribution in [-0.2, 0) is 6.42 Å².